The van der Waals surface area contributed by atoms with Crippen molar-refractivity contribution in [1.29, 1.82) is 0 Å². The van der Waals surface area contributed by atoms with Gasteiger partial charge in [0.15, 0.2) is 0 Å². The van der Waals surface area contributed by atoms with Gasteiger partial charge in [0.05, 0.1) is 19.0 Å². The van der Waals surface area contributed by atoms with Gasteiger partial charge in [0.1, 0.15) is 0 Å². The van der Waals surface area contributed by atoms with Crippen molar-refractivity contribution in [1.82, 2.24) is 4.90 Å². The second-order valence-electron chi connectivity index (χ2n) is 7.34. The van der Waals surface area contributed by atoms with Crippen molar-refractivity contribution in [2.75, 3.05) is 26.2 Å². The minimum Gasteiger partial charge on any atom is -0.395 e. The smallest absolute Gasteiger partial charge is 0.0991 e. The maximum atomic E-state index is 9.05. The van der Waals surface area contributed by atoms with Crippen molar-refractivity contribution in [2.45, 2.75) is 96.8 Å². The lowest BCUT2D eigenvalue weighted by Crippen LogP contribution is -2.30. The van der Waals surface area contributed by atoms with Gasteiger partial charge < -0.3 is 10.0 Å². The molecule has 1 N–H and O–H groups in total. The predicted molar refractivity (Wildman–Crippen MR) is 110 cm³/mol. The predicted octanol–water partition coefficient (Wildman–Crippen LogP) is 5.73. The Kier molecular flexibility index (Phi) is 14.8. The Morgan fingerprint density at radius 2 is 1.48 bits per heavy atom. The highest BCUT2D eigenvalue weighted by Gasteiger charge is 2.14. The highest BCUT2D eigenvalue weighted by molar-refractivity contribution is 5.83. The Morgan fingerprint density at radius 1 is 0.880 bits per heavy atom. The number of aliphatic hydroxyl groups is 1. The molecule has 0 atom stereocenters. The summed E-state index contributed by atoms with van der Waals surface area (Å²) in [4.78, 5) is 6.82. The van der Waals surface area contributed by atoms with Crippen LogP contribution in [0.15, 0.2) is 17.1 Å². The Bertz CT molecular complexity index is 352. The molecule has 1 aliphatic rings. The first kappa shape index (κ1) is 22.2. The van der Waals surface area contributed by atoms with Crippen molar-refractivity contribution in [3.8, 4) is 0 Å². The average molecular weight is 351 g/mol. The summed E-state index contributed by atoms with van der Waals surface area (Å²) in [5.41, 5.74) is 0. The van der Waals surface area contributed by atoms with E-state index < -0.39 is 0 Å². The number of aliphatic imine (C=N–C) groups is 1. The number of aliphatic hydroxyl groups excluding tert-OH is 1. The summed E-state index contributed by atoms with van der Waals surface area (Å²) in [5.74, 6) is 1.23. The van der Waals surface area contributed by atoms with Gasteiger partial charge in [-0.1, -0.05) is 76.9 Å². The summed E-state index contributed by atoms with van der Waals surface area (Å²) in [7, 11) is 0. The number of hydrogen-bond acceptors (Lipinski definition) is 3. The van der Waals surface area contributed by atoms with Crippen LogP contribution in [0.25, 0.3) is 0 Å². The molecule has 1 aliphatic heterocycles. The SMILES string of the molecule is CCC/C=C/CCCCCCCCCCCCC1=NCCN1CCO. The molecule has 25 heavy (non-hydrogen) atoms. The van der Waals surface area contributed by atoms with Crippen LogP contribution in [0.2, 0.25) is 0 Å². The molecule has 0 amide bonds. The van der Waals surface area contributed by atoms with Gasteiger partial charge in [0, 0.05) is 19.5 Å². The molecule has 0 aromatic rings. The summed E-state index contributed by atoms with van der Waals surface area (Å²) in [6, 6.07) is 0. The van der Waals surface area contributed by atoms with Crippen molar-refractivity contribution in [3.63, 3.8) is 0 Å². The van der Waals surface area contributed by atoms with E-state index in [0.29, 0.717) is 0 Å². The molecule has 0 fully saturated rings. The number of allylic oxidation sites excluding steroid dienone is 2. The first-order chi connectivity index (χ1) is 12.4. The lowest BCUT2D eigenvalue weighted by Gasteiger charge is -2.18. The normalized spacial score (nSPS) is 14.6. The molecule has 0 unspecified atom stereocenters. The number of unbranched alkanes of at least 4 members (excludes halogenated alkanes) is 11. The van der Waals surface area contributed by atoms with Gasteiger partial charge in [0.2, 0.25) is 0 Å². The molecular formula is C22H42N2O. The molecule has 0 saturated carbocycles. The van der Waals surface area contributed by atoms with E-state index in [9.17, 15) is 0 Å². The topological polar surface area (TPSA) is 35.8 Å². The third kappa shape index (κ3) is 12.2. The second-order valence-corrected chi connectivity index (χ2v) is 7.34. The fourth-order valence-electron chi connectivity index (χ4n) is 3.49. The Labute approximate surface area is 156 Å². The van der Waals surface area contributed by atoms with Crippen LogP contribution in [-0.4, -0.2) is 42.1 Å². The third-order valence-corrected chi connectivity index (χ3v) is 5.04. The summed E-state index contributed by atoms with van der Waals surface area (Å²) >= 11 is 0. The Morgan fingerprint density at radius 3 is 2.12 bits per heavy atom. The van der Waals surface area contributed by atoms with Gasteiger partial charge in [-0.05, 0) is 25.7 Å². The summed E-state index contributed by atoms with van der Waals surface area (Å²) < 4.78 is 0. The summed E-state index contributed by atoms with van der Waals surface area (Å²) in [5, 5.41) is 9.05. The molecule has 3 nitrogen and oxygen atoms in total. The van der Waals surface area contributed by atoms with Crippen molar-refractivity contribution in [3.05, 3.63) is 12.2 Å². The quantitative estimate of drug-likeness (QED) is 0.268. The van der Waals surface area contributed by atoms with Gasteiger partial charge >= 0.3 is 0 Å². The average Bonchev–Trinajstić information content (AvgIpc) is 3.06. The molecule has 146 valence electrons. The standard InChI is InChI=1S/C22H42N2O/c1-2-3-4-5-6-7-8-9-10-11-12-13-14-15-16-17-22-23-18-19-24(22)20-21-25/h4-5,25H,2-3,6-21H2,1H3/b5-4+. The molecule has 1 heterocycles. The van der Waals surface area contributed by atoms with E-state index in [4.69, 9.17) is 5.11 Å². The monoisotopic (exact) mass is 350 g/mol. The van der Waals surface area contributed by atoms with E-state index in [1.807, 2.05) is 0 Å². The molecule has 0 radical (unpaired) electrons. The third-order valence-electron chi connectivity index (χ3n) is 5.04. The molecule has 0 saturated heterocycles. The molecule has 0 aromatic carbocycles. The zero-order valence-corrected chi connectivity index (χ0v) is 16.7. The fourth-order valence-corrected chi connectivity index (χ4v) is 3.49. The van der Waals surface area contributed by atoms with E-state index >= 15 is 0 Å². The maximum Gasteiger partial charge on any atom is 0.0991 e. The highest BCUT2D eigenvalue weighted by atomic mass is 16.3. The highest BCUT2D eigenvalue weighted by Crippen LogP contribution is 2.14. The number of nitrogens with zero attached hydrogens (tertiary/aromatic N) is 2. The van der Waals surface area contributed by atoms with Crippen LogP contribution >= 0.6 is 0 Å². The molecule has 0 spiro atoms. The molecular weight excluding hydrogens is 308 g/mol. The molecule has 0 aliphatic carbocycles. The fraction of sp³-hybridized carbons (Fsp3) is 0.864. The van der Waals surface area contributed by atoms with Crippen LogP contribution in [-0.2, 0) is 0 Å². The second kappa shape index (κ2) is 16.6. The van der Waals surface area contributed by atoms with E-state index in [1.54, 1.807) is 0 Å². The van der Waals surface area contributed by atoms with Gasteiger partial charge in [-0.15, -0.1) is 0 Å². The molecule has 1 rings (SSSR count). The van der Waals surface area contributed by atoms with Crippen molar-refractivity contribution in [2.24, 2.45) is 4.99 Å². The molecule has 0 aromatic heterocycles. The number of rotatable bonds is 17. The van der Waals surface area contributed by atoms with Crippen LogP contribution < -0.4 is 0 Å². The zero-order chi connectivity index (χ0) is 18.0. The Balaban J connectivity index is 1.79. The van der Waals surface area contributed by atoms with Crippen molar-refractivity contribution >= 4 is 5.84 Å². The first-order valence-corrected chi connectivity index (χ1v) is 10.9. The van der Waals surface area contributed by atoms with E-state index in [-0.39, 0.29) is 6.61 Å². The van der Waals surface area contributed by atoms with E-state index in [2.05, 4.69) is 29.0 Å². The van der Waals surface area contributed by atoms with Crippen LogP contribution in [0.4, 0.5) is 0 Å². The van der Waals surface area contributed by atoms with Crippen LogP contribution in [0, 0.1) is 0 Å². The van der Waals surface area contributed by atoms with Gasteiger partial charge in [-0.3, -0.25) is 4.99 Å². The van der Waals surface area contributed by atoms with Crippen molar-refractivity contribution < 1.29 is 5.11 Å². The summed E-state index contributed by atoms with van der Waals surface area (Å²) in [6.45, 7) is 5.17. The largest absolute Gasteiger partial charge is 0.395 e. The van der Waals surface area contributed by atoms with Gasteiger partial charge in [-0.2, -0.15) is 0 Å². The number of amidine groups is 1. The number of β-amino-alcohol motifs (C(OH)–C–C–N with tert-alkyl or cyclic N) is 1. The van der Waals surface area contributed by atoms with Crippen LogP contribution in [0.3, 0.4) is 0 Å². The minimum atomic E-state index is 0.245. The van der Waals surface area contributed by atoms with Gasteiger partial charge in [-0.25, -0.2) is 0 Å². The lowest BCUT2D eigenvalue weighted by molar-refractivity contribution is 0.255. The molecule has 0 bridgehead atoms. The first-order valence-electron chi connectivity index (χ1n) is 10.9. The van der Waals surface area contributed by atoms with Crippen LogP contribution in [0.5, 0.6) is 0 Å². The minimum absolute atomic E-state index is 0.245. The molecule has 3 heteroatoms. The lowest BCUT2D eigenvalue weighted by atomic mass is 10.0. The number of hydrogen-bond donors (Lipinski definition) is 1. The van der Waals surface area contributed by atoms with Crippen LogP contribution in [0.1, 0.15) is 96.8 Å². The maximum absolute atomic E-state index is 9.05. The van der Waals surface area contributed by atoms with Gasteiger partial charge in [0.25, 0.3) is 0 Å². The Hall–Kier alpha value is -0.830. The van der Waals surface area contributed by atoms with E-state index in [1.165, 1.54) is 89.3 Å². The van der Waals surface area contributed by atoms with E-state index in [0.717, 1.165) is 26.1 Å². The summed E-state index contributed by atoms with van der Waals surface area (Å²) in [6.07, 6.45) is 23.4. The zero-order valence-electron chi connectivity index (χ0n) is 16.7.